The van der Waals surface area contributed by atoms with Crippen LogP contribution >= 0.6 is 11.8 Å². The maximum atomic E-state index is 11.4. The molecule has 0 amide bonds. The molecule has 0 aliphatic heterocycles. The summed E-state index contributed by atoms with van der Waals surface area (Å²) < 4.78 is 0. The summed E-state index contributed by atoms with van der Waals surface area (Å²) in [5.74, 6) is -0.893. The number of likely N-dealkylation sites (N-methyl/N-ethyl adjacent to an activating group) is 1. The van der Waals surface area contributed by atoms with Gasteiger partial charge in [-0.05, 0) is 46.3 Å². The third kappa shape index (κ3) is 3.88. The lowest BCUT2D eigenvalue weighted by molar-refractivity contribution is 0.0694. The average molecular weight is 282 g/mol. The van der Waals surface area contributed by atoms with Crippen LogP contribution in [0.3, 0.4) is 0 Å². The first-order valence-corrected chi connectivity index (χ1v) is 7.33. The molecule has 0 heterocycles. The quantitative estimate of drug-likeness (QED) is 0.786. The Bertz CT molecular complexity index is 459. The zero-order valence-corrected chi connectivity index (χ0v) is 13.0. The Morgan fingerprint density at radius 3 is 2.53 bits per heavy atom. The molecular weight excluding hydrogens is 260 g/mol. The predicted octanol–water partition coefficient (Wildman–Crippen LogP) is 2.86. The van der Waals surface area contributed by atoms with E-state index in [1.54, 1.807) is 0 Å². The molecule has 0 bridgehead atoms. The molecule has 0 aliphatic rings. The molecule has 1 aromatic rings. The molecule has 4 nitrogen and oxygen atoms in total. The Kier molecular flexibility index (Phi) is 5.26. The number of nitrogens with one attached hydrogen (secondary N) is 1. The van der Waals surface area contributed by atoms with Gasteiger partial charge in [-0.3, -0.25) is 0 Å². The van der Waals surface area contributed by atoms with Crippen LogP contribution in [0.4, 0.5) is 5.69 Å². The number of carbonyl (C=O) groups is 1. The van der Waals surface area contributed by atoms with Crippen LogP contribution in [0, 0.1) is 0 Å². The number of nitrogens with zero attached hydrogens (tertiary/aromatic N) is 1. The van der Waals surface area contributed by atoms with Crippen LogP contribution in [-0.2, 0) is 0 Å². The van der Waals surface area contributed by atoms with Crippen LogP contribution in [0.25, 0.3) is 0 Å². The van der Waals surface area contributed by atoms with Crippen molar-refractivity contribution in [2.45, 2.75) is 24.3 Å². The van der Waals surface area contributed by atoms with Crippen LogP contribution in [0.1, 0.15) is 24.2 Å². The Balaban J connectivity index is 2.99. The van der Waals surface area contributed by atoms with Crippen molar-refractivity contribution in [3.05, 3.63) is 23.8 Å². The largest absolute Gasteiger partial charge is 0.478 e. The van der Waals surface area contributed by atoms with Gasteiger partial charge in [0.05, 0.1) is 5.56 Å². The molecule has 0 aliphatic carbocycles. The van der Waals surface area contributed by atoms with E-state index in [4.69, 9.17) is 0 Å². The normalized spacial score (nSPS) is 11.7. The highest BCUT2D eigenvalue weighted by Crippen LogP contribution is 2.27. The van der Waals surface area contributed by atoms with Gasteiger partial charge >= 0.3 is 5.97 Å². The smallest absolute Gasteiger partial charge is 0.338 e. The van der Waals surface area contributed by atoms with Crippen LogP contribution in [0.5, 0.6) is 0 Å². The molecule has 0 radical (unpaired) electrons. The van der Waals surface area contributed by atoms with Crippen LogP contribution in [0.2, 0.25) is 0 Å². The average Bonchev–Trinajstić information content (AvgIpc) is 2.35. The number of carboxylic acids is 1. The van der Waals surface area contributed by atoms with Crippen molar-refractivity contribution in [3.63, 3.8) is 0 Å². The molecule has 106 valence electrons. The Hall–Kier alpha value is -1.20. The third-order valence-electron chi connectivity index (χ3n) is 3.38. The van der Waals surface area contributed by atoms with Crippen LogP contribution in [0.15, 0.2) is 23.1 Å². The molecular formula is C14H22N2O2S. The number of rotatable bonds is 6. The van der Waals surface area contributed by atoms with E-state index in [1.165, 1.54) is 11.8 Å². The van der Waals surface area contributed by atoms with E-state index in [-0.39, 0.29) is 5.54 Å². The van der Waals surface area contributed by atoms with Gasteiger partial charge in [-0.15, -0.1) is 11.8 Å². The lowest BCUT2D eigenvalue weighted by atomic mass is 10.0. The summed E-state index contributed by atoms with van der Waals surface area (Å²) in [4.78, 5) is 14.3. The summed E-state index contributed by atoms with van der Waals surface area (Å²) in [7, 11) is 4.02. The van der Waals surface area contributed by atoms with Crippen molar-refractivity contribution in [3.8, 4) is 0 Å². The van der Waals surface area contributed by atoms with Crippen LogP contribution in [-0.4, -0.2) is 48.4 Å². The van der Waals surface area contributed by atoms with Crippen molar-refractivity contribution < 1.29 is 9.90 Å². The molecule has 19 heavy (non-hydrogen) atoms. The summed E-state index contributed by atoms with van der Waals surface area (Å²) in [5, 5.41) is 12.6. The molecule has 0 atom stereocenters. The van der Waals surface area contributed by atoms with Gasteiger partial charge in [-0.1, -0.05) is 6.07 Å². The second-order valence-electron chi connectivity index (χ2n) is 5.25. The van der Waals surface area contributed by atoms with Crippen molar-refractivity contribution in [2.24, 2.45) is 0 Å². The van der Waals surface area contributed by atoms with Gasteiger partial charge < -0.3 is 15.3 Å². The van der Waals surface area contributed by atoms with Gasteiger partial charge in [-0.2, -0.15) is 0 Å². The first-order chi connectivity index (χ1) is 8.79. The number of anilines is 1. The number of carboxylic acid groups (broad SMARTS) is 1. The van der Waals surface area contributed by atoms with Gasteiger partial charge in [0.2, 0.25) is 0 Å². The molecule has 5 heteroatoms. The summed E-state index contributed by atoms with van der Waals surface area (Å²) >= 11 is 1.45. The van der Waals surface area contributed by atoms with E-state index in [1.807, 2.05) is 38.6 Å². The maximum Gasteiger partial charge on any atom is 0.338 e. The Labute approximate surface area is 119 Å². The molecule has 2 N–H and O–H groups in total. The number of hydrogen-bond acceptors (Lipinski definition) is 4. The fourth-order valence-electron chi connectivity index (χ4n) is 1.54. The van der Waals surface area contributed by atoms with Crippen molar-refractivity contribution in [1.82, 2.24) is 4.90 Å². The van der Waals surface area contributed by atoms with Gasteiger partial charge in [-0.25, -0.2) is 4.79 Å². The monoisotopic (exact) mass is 282 g/mol. The van der Waals surface area contributed by atoms with Gasteiger partial charge in [0.15, 0.2) is 0 Å². The number of aromatic carboxylic acids is 1. The maximum absolute atomic E-state index is 11.4. The van der Waals surface area contributed by atoms with Gasteiger partial charge in [0.25, 0.3) is 0 Å². The predicted molar refractivity (Wildman–Crippen MR) is 81.4 cm³/mol. The highest BCUT2D eigenvalue weighted by atomic mass is 32.2. The fourth-order valence-corrected chi connectivity index (χ4v) is 2.15. The Morgan fingerprint density at radius 2 is 2.05 bits per heavy atom. The first-order valence-electron chi connectivity index (χ1n) is 6.11. The molecule has 0 fully saturated rings. The fraction of sp³-hybridized carbons (Fsp3) is 0.500. The minimum Gasteiger partial charge on any atom is -0.478 e. The van der Waals surface area contributed by atoms with E-state index in [9.17, 15) is 9.90 Å². The van der Waals surface area contributed by atoms with E-state index in [0.29, 0.717) is 17.8 Å². The summed E-state index contributed by atoms with van der Waals surface area (Å²) in [6.45, 7) is 4.90. The van der Waals surface area contributed by atoms with Crippen molar-refractivity contribution >= 4 is 23.4 Å². The van der Waals surface area contributed by atoms with Crippen molar-refractivity contribution in [2.75, 3.05) is 32.2 Å². The third-order valence-corrected chi connectivity index (χ3v) is 4.16. The highest BCUT2D eigenvalue weighted by molar-refractivity contribution is 7.98. The standard InChI is InChI=1S/C14H22N2O2S/c1-14(2,16(3)4)9-15-10-7-6-8-11(19-5)12(10)13(17)18/h6-8,15H,9H2,1-5H3,(H,17,18). The summed E-state index contributed by atoms with van der Waals surface area (Å²) in [5.41, 5.74) is 0.976. The number of thioether (sulfide) groups is 1. The highest BCUT2D eigenvalue weighted by Gasteiger charge is 2.22. The van der Waals surface area contributed by atoms with E-state index >= 15 is 0 Å². The molecule has 0 aromatic heterocycles. The lowest BCUT2D eigenvalue weighted by Crippen LogP contribution is -2.44. The minimum absolute atomic E-state index is 0.0505. The number of hydrogen-bond donors (Lipinski definition) is 2. The van der Waals surface area contributed by atoms with Gasteiger partial charge in [0, 0.05) is 22.7 Å². The molecule has 1 rings (SSSR count). The summed E-state index contributed by atoms with van der Waals surface area (Å²) in [6, 6.07) is 5.52. The topological polar surface area (TPSA) is 52.6 Å². The minimum atomic E-state index is -0.893. The van der Waals surface area contributed by atoms with E-state index < -0.39 is 5.97 Å². The molecule has 0 unspecified atom stereocenters. The number of benzene rings is 1. The molecule has 0 saturated carbocycles. The SMILES string of the molecule is CSc1cccc(NCC(C)(C)N(C)C)c1C(=O)O. The summed E-state index contributed by atoms with van der Waals surface area (Å²) in [6.07, 6.45) is 1.88. The molecule has 1 aromatic carbocycles. The zero-order valence-electron chi connectivity index (χ0n) is 12.2. The lowest BCUT2D eigenvalue weighted by Gasteiger charge is -2.33. The molecule has 0 saturated heterocycles. The first kappa shape index (κ1) is 15.9. The second-order valence-corrected chi connectivity index (χ2v) is 6.10. The second kappa shape index (κ2) is 6.30. The van der Waals surface area contributed by atoms with E-state index in [2.05, 4.69) is 24.1 Å². The van der Waals surface area contributed by atoms with Crippen molar-refractivity contribution in [1.29, 1.82) is 0 Å². The van der Waals surface area contributed by atoms with Gasteiger partial charge in [0.1, 0.15) is 0 Å². The Morgan fingerprint density at radius 1 is 1.42 bits per heavy atom. The molecule has 0 spiro atoms. The van der Waals surface area contributed by atoms with E-state index in [0.717, 1.165) is 4.90 Å². The zero-order chi connectivity index (χ0) is 14.6. The van der Waals surface area contributed by atoms with Crippen LogP contribution < -0.4 is 5.32 Å².